The van der Waals surface area contributed by atoms with Crippen LogP contribution in [-0.4, -0.2) is 11.7 Å². The summed E-state index contributed by atoms with van der Waals surface area (Å²) in [6.45, 7) is 0. The zero-order chi connectivity index (χ0) is 13.3. The Morgan fingerprint density at radius 2 is 2.06 bits per heavy atom. The summed E-state index contributed by atoms with van der Waals surface area (Å²) in [5.74, 6) is -0.106. The third-order valence-corrected chi connectivity index (χ3v) is 2.73. The highest BCUT2D eigenvalue weighted by Gasteiger charge is 2.09. The molecule has 1 aromatic carbocycles. The van der Waals surface area contributed by atoms with Crippen LogP contribution in [0, 0.1) is 12.5 Å². The van der Waals surface area contributed by atoms with Gasteiger partial charge in [0.25, 0.3) is 0 Å². The molecule has 1 aromatic heterocycles. The molecular formula is C13H8ClNO3. The average Bonchev–Trinajstić information content (AvgIpc) is 2.45. The van der Waals surface area contributed by atoms with Crippen molar-refractivity contribution >= 4 is 22.5 Å². The zero-order valence-electron chi connectivity index (χ0n) is 9.44. The lowest BCUT2D eigenvalue weighted by atomic mass is 10.2. The van der Waals surface area contributed by atoms with Crippen molar-refractivity contribution < 1.29 is 4.74 Å². The molecule has 5 heteroatoms. The second-order valence-electron chi connectivity index (χ2n) is 3.51. The molecule has 0 spiro atoms. The number of terminal acetylenes is 1. The van der Waals surface area contributed by atoms with Crippen LogP contribution < -0.4 is 15.7 Å². The zero-order valence-corrected chi connectivity index (χ0v) is 10.2. The fraction of sp³-hybridized carbons (Fsp3) is 0.0769. The van der Waals surface area contributed by atoms with Gasteiger partial charge in [0.05, 0.1) is 12.6 Å². The van der Waals surface area contributed by atoms with Crippen LogP contribution in [0.3, 0.4) is 0 Å². The molecule has 0 aliphatic carbocycles. The van der Waals surface area contributed by atoms with Gasteiger partial charge < -0.3 is 4.74 Å². The number of benzene rings is 1. The van der Waals surface area contributed by atoms with Crippen molar-refractivity contribution in [3.63, 3.8) is 0 Å². The summed E-state index contributed by atoms with van der Waals surface area (Å²) >= 11 is 5.85. The number of hydrogen-bond donors (Lipinski definition) is 0. The van der Waals surface area contributed by atoms with Gasteiger partial charge in [-0.3, -0.25) is 9.59 Å². The van der Waals surface area contributed by atoms with E-state index in [0.29, 0.717) is 10.4 Å². The molecule has 18 heavy (non-hydrogen) atoms. The first-order chi connectivity index (χ1) is 8.58. The fourth-order valence-corrected chi connectivity index (χ4v) is 1.82. The Morgan fingerprint density at radius 1 is 1.33 bits per heavy atom. The normalized spacial score (nSPS) is 10.1. The van der Waals surface area contributed by atoms with Gasteiger partial charge >= 0.3 is 5.56 Å². The highest BCUT2D eigenvalue weighted by Crippen LogP contribution is 2.15. The summed E-state index contributed by atoms with van der Waals surface area (Å²) in [5, 5.41) is 0.688. The number of nitrogens with zero attached hydrogens (tertiary/aromatic N) is 1. The molecule has 0 unspecified atom stereocenters. The molecule has 2 rings (SSSR count). The minimum atomic E-state index is -0.575. The molecule has 0 fully saturated rings. The van der Waals surface area contributed by atoms with Gasteiger partial charge in [0, 0.05) is 22.5 Å². The minimum absolute atomic E-state index is 0.106. The van der Waals surface area contributed by atoms with E-state index in [4.69, 9.17) is 22.8 Å². The van der Waals surface area contributed by atoms with Crippen molar-refractivity contribution in [2.24, 2.45) is 0 Å². The molecule has 0 bridgehead atoms. The molecule has 0 radical (unpaired) electrons. The number of aromatic nitrogens is 1. The first-order valence-electron chi connectivity index (χ1n) is 4.98. The van der Waals surface area contributed by atoms with Gasteiger partial charge in [0.1, 0.15) is 0 Å². The maximum absolute atomic E-state index is 12.0. The Kier molecular flexibility index (Phi) is 3.09. The number of fused-ring (bicyclic) bond motifs is 1. The molecule has 0 aliphatic heterocycles. The van der Waals surface area contributed by atoms with Crippen LogP contribution in [0.5, 0.6) is 5.75 Å². The van der Waals surface area contributed by atoms with Crippen LogP contribution in [0.15, 0.2) is 33.9 Å². The maximum Gasteiger partial charge on any atom is 0.305 e. The van der Waals surface area contributed by atoms with Gasteiger partial charge in [0.2, 0.25) is 0 Å². The molecule has 90 valence electrons. The van der Waals surface area contributed by atoms with E-state index in [2.05, 4.69) is 6.04 Å². The van der Waals surface area contributed by atoms with Gasteiger partial charge in [-0.05, 0) is 18.2 Å². The minimum Gasteiger partial charge on any atom is -0.491 e. The lowest BCUT2D eigenvalue weighted by Crippen LogP contribution is -2.15. The Labute approximate surface area is 107 Å². The first-order valence-corrected chi connectivity index (χ1v) is 5.36. The van der Waals surface area contributed by atoms with E-state index in [9.17, 15) is 9.59 Å². The summed E-state index contributed by atoms with van der Waals surface area (Å²) in [7, 11) is 1.30. The molecule has 0 saturated carbocycles. The highest BCUT2D eigenvalue weighted by molar-refractivity contribution is 6.31. The van der Waals surface area contributed by atoms with E-state index < -0.39 is 5.56 Å². The van der Waals surface area contributed by atoms with Crippen LogP contribution in [0.2, 0.25) is 5.02 Å². The average molecular weight is 262 g/mol. The first kappa shape index (κ1) is 12.2. The summed E-state index contributed by atoms with van der Waals surface area (Å²) in [6.07, 6.45) is 5.31. The van der Waals surface area contributed by atoms with Gasteiger partial charge in [0.15, 0.2) is 11.2 Å². The van der Waals surface area contributed by atoms with Crippen molar-refractivity contribution in [2.75, 3.05) is 7.11 Å². The largest absolute Gasteiger partial charge is 0.491 e. The van der Waals surface area contributed by atoms with E-state index >= 15 is 0 Å². The number of halogens is 1. The molecule has 0 saturated heterocycles. The molecule has 1 heterocycles. The molecule has 4 nitrogen and oxygen atoms in total. The SMILES string of the molecule is C#Cn1c(=O)c(OC)cc(=O)c2ccc(Cl)cc21. The number of hydrogen-bond acceptors (Lipinski definition) is 3. The van der Waals surface area contributed by atoms with Gasteiger partial charge in [-0.2, -0.15) is 0 Å². The second kappa shape index (κ2) is 4.55. The predicted octanol–water partition coefficient (Wildman–Crippen LogP) is 1.46. The van der Waals surface area contributed by atoms with Crippen molar-refractivity contribution in [3.05, 3.63) is 49.9 Å². The molecule has 0 N–H and O–H groups in total. The number of methoxy groups -OCH3 is 1. The van der Waals surface area contributed by atoms with Crippen LogP contribution in [0.25, 0.3) is 10.9 Å². The van der Waals surface area contributed by atoms with E-state index in [1.165, 1.54) is 19.2 Å². The van der Waals surface area contributed by atoms with Crippen molar-refractivity contribution in [3.8, 4) is 18.2 Å². The topological polar surface area (TPSA) is 48.3 Å². The Bertz CT molecular complexity index is 787. The van der Waals surface area contributed by atoms with Crippen molar-refractivity contribution in [1.29, 1.82) is 0 Å². The molecule has 0 aliphatic rings. The Balaban J connectivity index is 3.19. The standard InChI is InChI=1S/C13H8ClNO3/c1-3-15-10-6-8(14)4-5-9(10)11(16)7-12(18-2)13(15)17/h1,4-7H,2H3. The van der Waals surface area contributed by atoms with E-state index in [-0.39, 0.29) is 16.7 Å². The monoisotopic (exact) mass is 261 g/mol. The second-order valence-corrected chi connectivity index (χ2v) is 3.94. The lowest BCUT2D eigenvalue weighted by molar-refractivity contribution is 0.408. The van der Waals surface area contributed by atoms with Crippen molar-refractivity contribution in [1.82, 2.24) is 4.57 Å². The summed E-state index contributed by atoms with van der Waals surface area (Å²) in [5.41, 5.74) is -0.651. The lowest BCUT2D eigenvalue weighted by Gasteiger charge is -1.99. The van der Waals surface area contributed by atoms with Gasteiger partial charge in [-0.1, -0.05) is 18.0 Å². The maximum atomic E-state index is 12.0. The fourth-order valence-electron chi connectivity index (χ4n) is 1.65. The molecule has 2 aromatic rings. The van der Waals surface area contributed by atoms with E-state index in [0.717, 1.165) is 10.6 Å². The van der Waals surface area contributed by atoms with Gasteiger partial charge in [-0.15, -0.1) is 0 Å². The highest BCUT2D eigenvalue weighted by atomic mass is 35.5. The third kappa shape index (κ3) is 1.85. The molecular weight excluding hydrogens is 254 g/mol. The van der Waals surface area contributed by atoms with Crippen LogP contribution in [0.1, 0.15) is 0 Å². The Hall–Kier alpha value is -2.25. The van der Waals surface area contributed by atoms with Gasteiger partial charge in [-0.25, -0.2) is 4.57 Å². The van der Waals surface area contributed by atoms with E-state index in [1.54, 1.807) is 6.07 Å². The summed E-state index contributed by atoms with van der Waals surface area (Å²) < 4.78 is 5.87. The van der Waals surface area contributed by atoms with Crippen LogP contribution in [0.4, 0.5) is 0 Å². The third-order valence-electron chi connectivity index (χ3n) is 2.49. The summed E-state index contributed by atoms with van der Waals surface area (Å²) in [6, 6.07) is 7.88. The van der Waals surface area contributed by atoms with E-state index in [1.807, 2.05) is 0 Å². The number of rotatable bonds is 1. The van der Waals surface area contributed by atoms with Crippen LogP contribution in [-0.2, 0) is 0 Å². The van der Waals surface area contributed by atoms with Crippen molar-refractivity contribution in [2.45, 2.75) is 0 Å². The molecule has 0 amide bonds. The summed E-state index contributed by atoms with van der Waals surface area (Å²) in [4.78, 5) is 24.0. The quantitative estimate of drug-likeness (QED) is 0.731. The predicted molar refractivity (Wildman–Crippen MR) is 70.3 cm³/mol. The molecule has 0 atom stereocenters. The Morgan fingerprint density at radius 3 is 2.67 bits per heavy atom. The smallest absolute Gasteiger partial charge is 0.305 e. The number of ether oxygens (including phenoxy) is 1. The van der Waals surface area contributed by atoms with Crippen LogP contribution >= 0.6 is 11.6 Å².